The monoisotopic (exact) mass is 400 g/mol. The van der Waals surface area contributed by atoms with Gasteiger partial charge >= 0.3 is 0 Å². The average Bonchev–Trinajstić information content (AvgIpc) is 3.09. The predicted octanol–water partition coefficient (Wildman–Crippen LogP) is 6.56. The van der Waals surface area contributed by atoms with Gasteiger partial charge in [-0.05, 0) is 75.4 Å². The van der Waals surface area contributed by atoms with E-state index in [0.29, 0.717) is 0 Å². The van der Waals surface area contributed by atoms with Crippen molar-refractivity contribution < 1.29 is 0 Å². The topological polar surface area (TPSA) is 6.48 Å². The Labute approximate surface area is 182 Å². The fraction of sp³-hybridized carbons (Fsp3) is 0.778. The van der Waals surface area contributed by atoms with Crippen molar-refractivity contribution >= 4 is 0 Å². The highest BCUT2D eigenvalue weighted by molar-refractivity contribution is 5.26. The summed E-state index contributed by atoms with van der Waals surface area (Å²) in [7, 11) is 0. The molecular weight excluding hydrogens is 352 g/mol. The summed E-state index contributed by atoms with van der Waals surface area (Å²) in [6.07, 6.45) is 19.0. The molecule has 2 aliphatic rings. The van der Waals surface area contributed by atoms with Gasteiger partial charge in [0, 0.05) is 19.6 Å². The molecule has 166 valence electrons. The molecule has 1 aliphatic carbocycles. The van der Waals surface area contributed by atoms with E-state index in [9.17, 15) is 0 Å². The Balaban J connectivity index is 1.62. The summed E-state index contributed by atoms with van der Waals surface area (Å²) in [5, 5.41) is 0. The second-order valence-corrected chi connectivity index (χ2v) is 10.2. The van der Waals surface area contributed by atoms with Crippen LogP contribution >= 0.6 is 0 Å². The van der Waals surface area contributed by atoms with E-state index in [1.807, 2.05) is 0 Å². The lowest BCUT2D eigenvalue weighted by Gasteiger charge is -2.27. The second-order valence-electron chi connectivity index (χ2n) is 10.2. The molecule has 1 heterocycles. The Hall–Kier alpha value is -0.860. The molecule has 1 saturated heterocycles. The molecule has 0 saturated carbocycles. The summed E-state index contributed by atoms with van der Waals surface area (Å²) in [5.41, 5.74) is 1.52. The molecule has 3 unspecified atom stereocenters. The summed E-state index contributed by atoms with van der Waals surface area (Å²) < 4.78 is 0. The molecule has 0 aromatic carbocycles. The van der Waals surface area contributed by atoms with Crippen molar-refractivity contribution in [3.8, 4) is 0 Å². The standard InChI is InChI=1S/C27H48N2/c1-23(2)26(5)25(4)16-15-24(3)22-29-19-11-18-28(20-21-29)17-10-14-27-12-8-6-7-9-13-27/h6-8,12-13,23-26H,9-11,14-22H2,1-5H3. The van der Waals surface area contributed by atoms with Crippen LogP contribution in [0.1, 0.15) is 73.1 Å². The number of allylic oxidation sites excluding steroid dienone is 6. The Morgan fingerprint density at radius 2 is 1.66 bits per heavy atom. The Bertz CT molecular complexity index is 531. The quantitative estimate of drug-likeness (QED) is 0.387. The normalized spacial score (nSPS) is 22.2. The highest BCUT2D eigenvalue weighted by atomic mass is 15.2. The van der Waals surface area contributed by atoms with Crippen LogP contribution in [0.4, 0.5) is 0 Å². The minimum atomic E-state index is 0.809. The van der Waals surface area contributed by atoms with Crippen LogP contribution in [0.5, 0.6) is 0 Å². The fourth-order valence-electron chi connectivity index (χ4n) is 4.75. The third-order valence-electron chi connectivity index (χ3n) is 7.33. The molecule has 0 amide bonds. The van der Waals surface area contributed by atoms with Gasteiger partial charge in [-0.3, -0.25) is 0 Å². The van der Waals surface area contributed by atoms with E-state index >= 15 is 0 Å². The lowest BCUT2D eigenvalue weighted by Crippen LogP contribution is -2.34. The summed E-state index contributed by atoms with van der Waals surface area (Å²) >= 11 is 0. The average molecular weight is 401 g/mol. The molecule has 2 nitrogen and oxygen atoms in total. The minimum absolute atomic E-state index is 0.809. The number of hydrogen-bond acceptors (Lipinski definition) is 2. The fourth-order valence-corrected chi connectivity index (χ4v) is 4.75. The molecule has 3 atom stereocenters. The van der Waals surface area contributed by atoms with Gasteiger partial charge in [0.2, 0.25) is 0 Å². The van der Waals surface area contributed by atoms with Gasteiger partial charge in [-0.2, -0.15) is 0 Å². The maximum Gasteiger partial charge on any atom is 0.0109 e. The summed E-state index contributed by atoms with van der Waals surface area (Å²) in [4.78, 5) is 5.44. The van der Waals surface area contributed by atoms with Gasteiger partial charge in [-0.15, -0.1) is 0 Å². The Kier molecular flexibility index (Phi) is 11.3. The first-order valence-corrected chi connectivity index (χ1v) is 12.4. The molecule has 0 N–H and O–H groups in total. The van der Waals surface area contributed by atoms with Crippen LogP contribution in [0, 0.1) is 23.7 Å². The highest BCUT2D eigenvalue weighted by Crippen LogP contribution is 2.26. The summed E-state index contributed by atoms with van der Waals surface area (Å²) in [6.45, 7) is 19.7. The molecule has 0 aromatic rings. The Morgan fingerprint density at radius 3 is 2.45 bits per heavy atom. The maximum atomic E-state index is 2.74. The molecule has 0 aromatic heterocycles. The lowest BCUT2D eigenvalue weighted by molar-refractivity contribution is 0.212. The molecular formula is C27H48N2. The van der Waals surface area contributed by atoms with Gasteiger partial charge in [-0.25, -0.2) is 0 Å². The van der Waals surface area contributed by atoms with E-state index in [0.717, 1.165) is 30.1 Å². The van der Waals surface area contributed by atoms with Crippen LogP contribution < -0.4 is 0 Å². The van der Waals surface area contributed by atoms with Crippen LogP contribution in [0.15, 0.2) is 36.0 Å². The van der Waals surface area contributed by atoms with Crippen molar-refractivity contribution in [3.63, 3.8) is 0 Å². The zero-order valence-electron chi connectivity index (χ0n) is 20.1. The van der Waals surface area contributed by atoms with E-state index in [4.69, 9.17) is 0 Å². The van der Waals surface area contributed by atoms with E-state index in [1.165, 1.54) is 76.9 Å². The molecule has 2 heteroatoms. The van der Waals surface area contributed by atoms with E-state index in [1.54, 1.807) is 0 Å². The molecule has 0 spiro atoms. The first-order valence-electron chi connectivity index (χ1n) is 12.4. The van der Waals surface area contributed by atoms with Crippen molar-refractivity contribution in [2.75, 3.05) is 39.3 Å². The molecule has 2 rings (SSSR count). The third-order valence-corrected chi connectivity index (χ3v) is 7.33. The smallest absolute Gasteiger partial charge is 0.0109 e. The van der Waals surface area contributed by atoms with Crippen molar-refractivity contribution in [1.82, 2.24) is 9.80 Å². The number of nitrogens with zero attached hydrogens (tertiary/aromatic N) is 2. The minimum Gasteiger partial charge on any atom is -0.302 e. The maximum absolute atomic E-state index is 2.74. The number of hydrogen-bond donors (Lipinski definition) is 0. The Morgan fingerprint density at radius 1 is 0.897 bits per heavy atom. The van der Waals surface area contributed by atoms with Crippen molar-refractivity contribution in [3.05, 3.63) is 36.0 Å². The summed E-state index contributed by atoms with van der Waals surface area (Å²) in [5.74, 6) is 3.33. The number of rotatable bonds is 11. The second kappa shape index (κ2) is 13.4. The van der Waals surface area contributed by atoms with Gasteiger partial charge in [0.05, 0.1) is 0 Å². The molecule has 1 fully saturated rings. The van der Waals surface area contributed by atoms with E-state index in [2.05, 4.69) is 74.8 Å². The van der Waals surface area contributed by atoms with Crippen LogP contribution in [-0.2, 0) is 0 Å². The van der Waals surface area contributed by atoms with E-state index < -0.39 is 0 Å². The first-order chi connectivity index (χ1) is 14.0. The van der Waals surface area contributed by atoms with Crippen LogP contribution in [0.3, 0.4) is 0 Å². The zero-order chi connectivity index (χ0) is 21.1. The molecule has 0 radical (unpaired) electrons. The van der Waals surface area contributed by atoms with Gasteiger partial charge in [0.25, 0.3) is 0 Å². The highest BCUT2D eigenvalue weighted by Gasteiger charge is 2.19. The molecule has 1 aliphatic heterocycles. The van der Waals surface area contributed by atoms with Gasteiger partial charge in [0.15, 0.2) is 0 Å². The van der Waals surface area contributed by atoms with Gasteiger partial charge in [0.1, 0.15) is 0 Å². The third kappa shape index (κ3) is 9.66. The van der Waals surface area contributed by atoms with E-state index in [-0.39, 0.29) is 0 Å². The van der Waals surface area contributed by atoms with Crippen molar-refractivity contribution in [2.45, 2.75) is 73.1 Å². The first kappa shape index (κ1) is 24.4. The van der Waals surface area contributed by atoms with Crippen molar-refractivity contribution in [1.29, 1.82) is 0 Å². The SMILES string of the molecule is CC(CCC(C)C(C)C(C)C)CN1CCCN(CCCC2=CCC=CC=C2)CC1. The predicted molar refractivity (Wildman–Crippen MR) is 129 cm³/mol. The largest absolute Gasteiger partial charge is 0.302 e. The zero-order valence-corrected chi connectivity index (χ0v) is 20.1. The molecule has 29 heavy (non-hydrogen) atoms. The van der Waals surface area contributed by atoms with Crippen LogP contribution in [-0.4, -0.2) is 49.1 Å². The lowest BCUT2D eigenvalue weighted by atomic mass is 9.82. The van der Waals surface area contributed by atoms with Gasteiger partial charge < -0.3 is 9.80 Å². The van der Waals surface area contributed by atoms with Crippen LogP contribution in [0.25, 0.3) is 0 Å². The van der Waals surface area contributed by atoms with Gasteiger partial charge in [-0.1, -0.05) is 77.0 Å². The molecule has 0 bridgehead atoms. The van der Waals surface area contributed by atoms with Crippen LogP contribution in [0.2, 0.25) is 0 Å². The van der Waals surface area contributed by atoms with Crippen molar-refractivity contribution in [2.24, 2.45) is 23.7 Å². The summed E-state index contributed by atoms with van der Waals surface area (Å²) in [6, 6.07) is 0.